The van der Waals surface area contributed by atoms with Gasteiger partial charge in [-0.1, -0.05) is 20.3 Å². The second kappa shape index (κ2) is 20.1. The molecule has 0 aromatic carbocycles. The van der Waals surface area contributed by atoms with Crippen LogP contribution in [0.4, 0.5) is 0 Å². The molecule has 1 aliphatic rings. The fourth-order valence-corrected chi connectivity index (χ4v) is 4.92. The summed E-state index contributed by atoms with van der Waals surface area (Å²) in [4.78, 5) is 66.0. The van der Waals surface area contributed by atoms with Gasteiger partial charge in [-0.3, -0.25) is 43.6 Å². The maximum Gasteiger partial charge on any atom is 0.317 e. The van der Waals surface area contributed by atoms with Crippen LogP contribution in [0.2, 0.25) is 0 Å². The van der Waals surface area contributed by atoms with E-state index in [0.29, 0.717) is 64.8 Å². The Kier molecular flexibility index (Phi) is 17.8. The molecule has 41 heavy (non-hydrogen) atoms. The average Bonchev–Trinajstić information content (AvgIpc) is 2.87. The van der Waals surface area contributed by atoms with Crippen LogP contribution >= 0.6 is 0 Å². The maximum absolute atomic E-state index is 12.8. The molecule has 0 aromatic rings. The zero-order valence-electron chi connectivity index (χ0n) is 24.8. The van der Waals surface area contributed by atoms with E-state index in [1.807, 2.05) is 4.90 Å². The Hall–Kier alpha value is -2.81. The summed E-state index contributed by atoms with van der Waals surface area (Å²) in [6.45, 7) is 6.88. The molecule has 0 unspecified atom stereocenters. The summed E-state index contributed by atoms with van der Waals surface area (Å²) in [6.07, 6.45) is 3.11. The van der Waals surface area contributed by atoms with Crippen LogP contribution in [0, 0.1) is 11.8 Å². The molecule has 1 saturated heterocycles. The summed E-state index contributed by atoms with van der Waals surface area (Å²) in [5.41, 5.74) is 0. The predicted octanol–water partition coefficient (Wildman–Crippen LogP) is -0.843. The lowest BCUT2D eigenvalue weighted by molar-refractivity contribution is -0.140. The van der Waals surface area contributed by atoms with E-state index in [1.165, 1.54) is 0 Å². The zero-order chi connectivity index (χ0) is 30.8. The van der Waals surface area contributed by atoms with Gasteiger partial charge < -0.3 is 26.0 Å². The van der Waals surface area contributed by atoms with Crippen molar-refractivity contribution in [1.82, 2.24) is 30.2 Å². The van der Waals surface area contributed by atoms with Gasteiger partial charge in [0.25, 0.3) is 0 Å². The molecule has 0 bridgehead atoms. The summed E-state index contributed by atoms with van der Waals surface area (Å²) in [5.74, 6) is -2.76. The minimum absolute atomic E-state index is 0.0431. The number of carboxylic acids is 3. The third-order valence-corrected chi connectivity index (χ3v) is 7.05. The van der Waals surface area contributed by atoms with Crippen LogP contribution in [0.1, 0.15) is 39.5 Å². The highest BCUT2D eigenvalue weighted by Gasteiger charge is 2.21. The van der Waals surface area contributed by atoms with Gasteiger partial charge in [0.1, 0.15) is 0 Å². The van der Waals surface area contributed by atoms with E-state index in [9.17, 15) is 39.3 Å². The van der Waals surface area contributed by atoms with Crippen molar-refractivity contribution >= 4 is 29.7 Å². The van der Waals surface area contributed by atoms with E-state index < -0.39 is 17.9 Å². The number of rotatable bonds is 16. The molecule has 5 N–H and O–H groups in total. The van der Waals surface area contributed by atoms with Crippen molar-refractivity contribution in [3.8, 4) is 0 Å². The first-order valence-electron chi connectivity index (χ1n) is 14.4. The van der Waals surface area contributed by atoms with Gasteiger partial charge in [-0.05, 0) is 25.2 Å². The number of hydrogen-bond donors (Lipinski definition) is 5. The number of carbonyl (C=O) groups is 5. The van der Waals surface area contributed by atoms with Crippen molar-refractivity contribution in [3.05, 3.63) is 0 Å². The van der Waals surface area contributed by atoms with Crippen LogP contribution in [0.15, 0.2) is 0 Å². The van der Waals surface area contributed by atoms with Crippen LogP contribution in [0.5, 0.6) is 0 Å². The summed E-state index contributed by atoms with van der Waals surface area (Å²) in [5, 5.41) is 33.6. The van der Waals surface area contributed by atoms with Gasteiger partial charge in [0.15, 0.2) is 0 Å². The monoisotopic (exact) mass is 586 g/mol. The Labute approximate surface area is 243 Å². The molecule has 1 heterocycles. The van der Waals surface area contributed by atoms with Gasteiger partial charge in [0.05, 0.1) is 26.2 Å². The summed E-state index contributed by atoms with van der Waals surface area (Å²) in [6, 6.07) is 0. The molecule has 0 spiro atoms. The Balaban J connectivity index is 2.75. The number of aliphatic carboxylic acids is 3. The topological polar surface area (TPSA) is 183 Å². The average molecular weight is 587 g/mol. The van der Waals surface area contributed by atoms with Crippen molar-refractivity contribution in [3.63, 3.8) is 0 Å². The molecule has 0 saturated carbocycles. The Morgan fingerprint density at radius 2 is 1.05 bits per heavy atom. The SMILES string of the molecule is CNC(=O)[C@H](CCCCNC(=O)CN1CCN(CC(=O)O)CCN(CC(=O)O)CCN(CC(=O)O)CC1)CC(C)C. The van der Waals surface area contributed by atoms with Crippen molar-refractivity contribution in [2.24, 2.45) is 11.8 Å². The smallest absolute Gasteiger partial charge is 0.317 e. The lowest BCUT2D eigenvalue weighted by atomic mass is 9.91. The summed E-state index contributed by atoms with van der Waals surface area (Å²) in [7, 11) is 1.64. The number of nitrogens with zero attached hydrogens (tertiary/aromatic N) is 4. The molecule has 0 aromatic heterocycles. The molecule has 0 aliphatic carbocycles. The maximum atomic E-state index is 12.8. The number of nitrogens with one attached hydrogen (secondary N) is 2. The molecule has 1 rings (SSSR count). The van der Waals surface area contributed by atoms with Crippen LogP contribution < -0.4 is 10.6 Å². The molecule has 1 atom stereocenters. The minimum atomic E-state index is -1.01. The van der Waals surface area contributed by atoms with Gasteiger partial charge in [-0.25, -0.2) is 0 Å². The standard InChI is InChI=1S/C27H50N6O8/c1-21(2)16-22(27(41)28-3)6-4-5-7-29-23(34)17-30-8-10-31(18-24(35)36)12-14-33(20-26(39)40)15-13-32(11-9-30)19-25(37)38/h21-22H,4-20H2,1-3H3,(H,28,41)(H,29,34)(H,35,36)(H,37,38)(H,39,40)/t22-/m1/s1. The van der Waals surface area contributed by atoms with Gasteiger partial charge in [-0.15, -0.1) is 0 Å². The fraction of sp³-hybridized carbons (Fsp3) is 0.815. The van der Waals surface area contributed by atoms with Crippen LogP contribution in [0.3, 0.4) is 0 Å². The summed E-state index contributed by atoms with van der Waals surface area (Å²) >= 11 is 0. The quantitative estimate of drug-likeness (QED) is 0.142. The van der Waals surface area contributed by atoms with E-state index in [1.54, 1.807) is 21.7 Å². The summed E-state index contributed by atoms with van der Waals surface area (Å²) < 4.78 is 0. The molecular formula is C27H50N6O8. The molecule has 0 radical (unpaired) electrons. The second-order valence-electron chi connectivity index (χ2n) is 11.1. The molecule has 2 amide bonds. The molecule has 236 valence electrons. The van der Waals surface area contributed by atoms with Gasteiger partial charge in [-0.2, -0.15) is 0 Å². The van der Waals surface area contributed by atoms with E-state index in [-0.39, 0.29) is 43.9 Å². The molecule has 14 nitrogen and oxygen atoms in total. The highest BCUT2D eigenvalue weighted by atomic mass is 16.4. The van der Waals surface area contributed by atoms with Crippen molar-refractivity contribution in [2.75, 3.05) is 92.1 Å². The van der Waals surface area contributed by atoms with Crippen LogP contribution in [-0.2, 0) is 24.0 Å². The number of amides is 2. The molecule has 14 heteroatoms. The van der Waals surface area contributed by atoms with Crippen LogP contribution in [-0.4, -0.2) is 157 Å². The van der Waals surface area contributed by atoms with Gasteiger partial charge in [0, 0.05) is 71.9 Å². The first-order valence-corrected chi connectivity index (χ1v) is 14.4. The molecule has 1 fully saturated rings. The Bertz CT molecular complexity index is 811. The van der Waals surface area contributed by atoms with E-state index in [4.69, 9.17) is 0 Å². The fourth-order valence-electron chi connectivity index (χ4n) is 4.92. The molecule has 1 aliphatic heterocycles. The third kappa shape index (κ3) is 17.6. The first-order chi connectivity index (χ1) is 19.4. The largest absolute Gasteiger partial charge is 0.480 e. The number of hydrogen-bond acceptors (Lipinski definition) is 9. The van der Waals surface area contributed by atoms with Gasteiger partial charge in [0.2, 0.25) is 11.8 Å². The number of unbranched alkanes of at least 4 members (excludes halogenated alkanes) is 1. The molecular weight excluding hydrogens is 536 g/mol. The van der Waals surface area contributed by atoms with Crippen molar-refractivity contribution in [1.29, 1.82) is 0 Å². The highest BCUT2D eigenvalue weighted by molar-refractivity contribution is 5.78. The van der Waals surface area contributed by atoms with Crippen molar-refractivity contribution in [2.45, 2.75) is 39.5 Å². The second-order valence-corrected chi connectivity index (χ2v) is 11.1. The number of carboxylic acid groups (broad SMARTS) is 3. The lowest BCUT2D eigenvalue weighted by Crippen LogP contribution is -2.49. The Morgan fingerprint density at radius 3 is 1.39 bits per heavy atom. The highest BCUT2D eigenvalue weighted by Crippen LogP contribution is 2.18. The van der Waals surface area contributed by atoms with Crippen molar-refractivity contribution < 1.29 is 39.3 Å². The Morgan fingerprint density at radius 1 is 0.659 bits per heavy atom. The predicted molar refractivity (Wildman–Crippen MR) is 153 cm³/mol. The van der Waals surface area contributed by atoms with E-state index in [0.717, 1.165) is 25.7 Å². The third-order valence-electron chi connectivity index (χ3n) is 7.05. The zero-order valence-corrected chi connectivity index (χ0v) is 24.8. The minimum Gasteiger partial charge on any atom is -0.480 e. The van der Waals surface area contributed by atoms with E-state index >= 15 is 0 Å². The number of carbonyl (C=O) groups excluding carboxylic acids is 2. The first kappa shape index (κ1) is 36.2. The normalized spacial score (nSPS) is 17.8. The van der Waals surface area contributed by atoms with E-state index in [2.05, 4.69) is 24.5 Å². The lowest BCUT2D eigenvalue weighted by Gasteiger charge is -2.32. The van der Waals surface area contributed by atoms with Crippen LogP contribution in [0.25, 0.3) is 0 Å². The van der Waals surface area contributed by atoms with Gasteiger partial charge >= 0.3 is 17.9 Å².